The summed E-state index contributed by atoms with van der Waals surface area (Å²) in [5.74, 6) is 0. The number of pyridine rings is 1. The monoisotopic (exact) mass is 297 g/mol. The van der Waals surface area contributed by atoms with Gasteiger partial charge in [0.05, 0.1) is 5.52 Å². The molecule has 1 heterocycles. The van der Waals surface area contributed by atoms with Gasteiger partial charge in [0.1, 0.15) is 17.5 Å². The number of rotatable bonds is 3. The van der Waals surface area contributed by atoms with Crippen molar-refractivity contribution in [3.05, 3.63) is 41.1 Å². The van der Waals surface area contributed by atoms with E-state index in [4.69, 9.17) is 5.73 Å². The number of nitrogens with two attached hydrogens (primary N) is 1. The summed E-state index contributed by atoms with van der Waals surface area (Å²) in [6.07, 6.45) is 2.31. The zero-order valence-electron chi connectivity index (χ0n) is 12.1. The molecule has 0 radical (unpaired) electrons. The largest absolute Gasteiger partial charge is 0.351 e. The molecule has 0 bridgehead atoms. The number of likely N-dealkylation sites (N-methyl/N-ethyl adjacent to an activating group) is 1. The van der Waals surface area contributed by atoms with Crippen LogP contribution in [-0.2, 0) is 17.6 Å². The molecule has 0 saturated carbocycles. The van der Waals surface area contributed by atoms with E-state index in [-0.39, 0.29) is 0 Å². The number of fused-ring (bicyclic) bond motifs is 2. The normalized spacial score (nSPS) is 19.7. The SMILES string of the molecule is CN(C(N)=O)C1(C=O)Cc2cc3ccc(C=O)nc3cc2C1. The molecule has 0 fully saturated rings. The fourth-order valence-electron chi connectivity index (χ4n) is 3.01. The Labute approximate surface area is 126 Å². The van der Waals surface area contributed by atoms with Gasteiger partial charge in [-0.3, -0.25) is 4.79 Å². The first kappa shape index (κ1) is 14.2. The maximum absolute atomic E-state index is 11.6. The second-order valence-corrected chi connectivity index (χ2v) is 5.64. The van der Waals surface area contributed by atoms with Crippen LogP contribution in [0.3, 0.4) is 0 Å². The Morgan fingerprint density at radius 2 is 1.95 bits per heavy atom. The number of aromatic nitrogens is 1. The van der Waals surface area contributed by atoms with Crippen LogP contribution in [0, 0.1) is 0 Å². The minimum atomic E-state index is -0.945. The molecular formula is C16H15N3O3. The van der Waals surface area contributed by atoms with E-state index >= 15 is 0 Å². The van der Waals surface area contributed by atoms with Gasteiger partial charge < -0.3 is 15.4 Å². The molecule has 1 aliphatic rings. The molecule has 0 saturated heterocycles. The highest BCUT2D eigenvalue weighted by molar-refractivity contribution is 5.86. The van der Waals surface area contributed by atoms with Crippen molar-refractivity contribution in [1.29, 1.82) is 0 Å². The Morgan fingerprint density at radius 1 is 1.27 bits per heavy atom. The first-order valence-corrected chi connectivity index (χ1v) is 6.86. The molecule has 1 aromatic carbocycles. The highest BCUT2D eigenvalue weighted by Gasteiger charge is 2.42. The first-order valence-electron chi connectivity index (χ1n) is 6.86. The second-order valence-electron chi connectivity index (χ2n) is 5.64. The molecule has 2 aromatic rings. The van der Waals surface area contributed by atoms with E-state index < -0.39 is 11.6 Å². The Balaban J connectivity index is 2.09. The third-order valence-corrected chi connectivity index (χ3v) is 4.36. The van der Waals surface area contributed by atoms with Crippen molar-refractivity contribution >= 4 is 29.5 Å². The zero-order chi connectivity index (χ0) is 15.9. The highest BCUT2D eigenvalue weighted by atomic mass is 16.2. The summed E-state index contributed by atoms with van der Waals surface area (Å²) in [7, 11) is 1.53. The Morgan fingerprint density at radius 3 is 2.55 bits per heavy atom. The van der Waals surface area contributed by atoms with Crippen molar-refractivity contribution in [2.45, 2.75) is 18.4 Å². The maximum Gasteiger partial charge on any atom is 0.315 e. The van der Waals surface area contributed by atoms with Gasteiger partial charge in [-0.2, -0.15) is 0 Å². The maximum atomic E-state index is 11.6. The number of hydrogen-bond acceptors (Lipinski definition) is 4. The van der Waals surface area contributed by atoms with Crippen LogP contribution in [0.4, 0.5) is 4.79 Å². The van der Waals surface area contributed by atoms with Gasteiger partial charge in [-0.25, -0.2) is 9.78 Å². The predicted molar refractivity (Wildman–Crippen MR) is 80.7 cm³/mol. The molecular weight excluding hydrogens is 282 g/mol. The Bertz CT molecular complexity index is 803. The van der Waals surface area contributed by atoms with Crippen molar-refractivity contribution in [1.82, 2.24) is 9.88 Å². The van der Waals surface area contributed by atoms with E-state index in [1.54, 1.807) is 6.07 Å². The van der Waals surface area contributed by atoms with E-state index in [0.29, 0.717) is 30.3 Å². The van der Waals surface area contributed by atoms with Gasteiger partial charge in [-0.15, -0.1) is 0 Å². The summed E-state index contributed by atoms with van der Waals surface area (Å²) in [5.41, 5.74) is 7.38. The molecule has 1 unspecified atom stereocenters. The number of nitrogens with zero attached hydrogens (tertiary/aromatic N) is 2. The van der Waals surface area contributed by atoms with Gasteiger partial charge in [0.2, 0.25) is 0 Å². The van der Waals surface area contributed by atoms with E-state index in [2.05, 4.69) is 4.98 Å². The number of amides is 2. The summed E-state index contributed by atoms with van der Waals surface area (Å²) in [6, 6.07) is 6.67. The van der Waals surface area contributed by atoms with Gasteiger partial charge >= 0.3 is 6.03 Å². The van der Waals surface area contributed by atoms with Crippen LogP contribution < -0.4 is 5.73 Å². The summed E-state index contributed by atoms with van der Waals surface area (Å²) in [4.78, 5) is 39.5. The van der Waals surface area contributed by atoms with Crippen LogP contribution in [0.2, 0.25) is 0 Å². The summed E-state index contributed by atoms with van der Waals surface area (Å²) >= 11 is 0. The van der Waals surface area contributed by atoms with Crippen LogP contribution in [0.25, 0.3) is 10.9 Å². The lowest BCUT2D eigenvalue weighted by Gasteiger charge is -2.32. The number of carbonyl (C=O) groups excluding carboxylic acids is 3. The Kier molecular flexibility index (Phi) is 3.16. The smallest absolute Gasteiger partial charge is 0.315 e. The number of urea groups is 1. The fraction of sp³-hybridized carbons (Fsp3) is 0.250. The van der Waals surface area contributed by atoms with Crippen LogP contribution in [0.1, 0.15) is 21.6 Å². The molecule has 22 heavy (non-hydrogen) atoms. The molecule has 0 aliphatic heterocycles. The lowest BCUT2D eigenvalue weighted by Crippen LogP contribution is -2.53. The van der Waals surface area contributed by atoms with Crippen molar-refractivity contribution in [2.24, 2.45) is 5.73 Å². The summed E-state index contributed by atoms with van der Waals surface area (Å²) in [6.45, 7) is 0. The minimum absolute atomic E-state index is 0.362. The van der Waals surface area contributed by atoms with Crippen LogP contribution in [0.5, 0.6) is 0 Å². The van der Waals surface area contributed by atoms with E-state index in [1.165, 1.54) is 11.9 Å². The molecule has 6 heteroatoms. The quantitative estimate of drug-likeness (QED) is 0.858. The van der Waals surface area contributed by atoms with E-state index in [9.17, 15) is 14.4 Å². The van der Waals surface area contributed by atoms with Crippen LogP contribution in [0.15, 0.2) is 24.3 Å². The fourth-order valence-corrected chi connectivity index (χ4v) is 3.01. The highest BCUT2D eigenvalue weighted by Crippen LogP contribution is 2.35. The molecule has 3 rings (SSSR count). The molecule has 1 aromatic heterocycles. The zero-order valence-corrected chi connectivity index (χ0v) is 12.1. The number of hydrogen-bond donors (Lipinski definition) is 1. The van der Waals surface area contributed by atoms with E-state index in [0.717, 1.165) is 22.8 Å². The van der Waals surface area contributed by atoms with Crippen molar-refractivity contribution in [3.8, 4) is 0 Å². The third kappa shape index (κ3) is 2.04. The van der Waals surface area contributed by atoms with Crippen LogP contribution in [-0.4, -0.2) is 41.1 Å². The molecule has 6 nitrogen and oxygen atoms in total. The number of carbonyl (C=O) groups is 3. The predicted octanol–water partition coefficient (Wildman–Crippen LogP) is 1.09. The van der Waals surface area contributed by atoms with Crippen molar-refractivity contribution in [2.75, 3.05) is 7.05 Å². The second kappa shape index (κ2) is 4.91. The van der Waals surface area contributed by atoms with Gasteiger partial charge in [0.15, 0.2) is 6.29 Å². The number of benzene rings is 1. The summed E-state index contributed by atoms with van der Waals surface area (Å²) < 4.78 is 0. The Hall–Kier alpha value is -2.76. The number of aldehydes is 2. The third-order valence-electron chi connectivity index (χ3n) is 4.36. The topological polar surface area (TPSA) is 93.4 Å². The molecule has 112 valence electrons. The van der Waals surface area contributed by atoms with Crippen molar-refractivity contribution in [3.63, 3.8) is 0 Å². The molecule has 2 N–H and O–H groups in total. The average molecular weight is 297 g/mol. The van der Waals surface area contributed by atoms with Crippen LogP contribution >= 0.6 is 0 Å². The lowest BCUT2D eigenvalue weighted by molar-refractivity contribution is -0.116. The standard InChI is InChI=1S/C16H15N3O3/c1-19(15(17)22)16(9-21)6-11-4-10-2-3-13(8-20)18-14(10)5-12(11)7-16/h2-5,8-9H,6-7H2,1H3,(H2,17,22). The number of primary amides is 1. The van der Waals surface area contributed by atoms with Gasteiger partial charge in [-0.05, 0) is 29.3 Å². The molecule has 2 amide bonds. The molecule has 0 spiro atoms. The molecule has 1 atom stereocenters. The van der Waals surface area contributed by atoms with E-state index in [1.807, 2.05) is 18.2 Å². The summed E-state index contributed by atoms with van der Waals surface area (Å²) in [5, 5.41) is 0.896. The lowest BCUT2D eigenvalue weighted by atomic mass is 9.96. The minimum Gasteiger partial charge on any atom is -0.351 e. The first-order chi connectivity index (χ1) is 10.5. The van der Waals surface area contributed by atoms with Gasteiger partial charge in [0.25, 0.3) is 0 Å². The van der Waals surface area contributed by atoms with Crippen molar-refractivity contribution < 1.29 is 14.4 Å². The van der Waals surface area contributed by atoms with Gasteiger partial charge in [0, 0.05) is 25.3 Å². The van der Waals surface area contributed by atoms with Gasteiger partial charge in [-0.1, -0.05) is 6.07 Å². The average Bonchev–Trinajstić information content (AvgIpc) is 2.89. The molecule has 1 aliphatic carbocycles.